The minimum Gasteiger partial charge on any atom is -0.441 e. The molecule has 158 valence electrons. The van der Waals surface area contributed by atoms with Crippen LogP contribution in [-0.4, -0.2) is 33.0 Å². The minimum atomic E-state index is -4.73. The van der Waals surface area contributed by atoms with Gasteiger partial charge in [0.1, 0.15) is 18.1 Å². The quantitative estimate of drug-likeness (QED) is 0.549. The molecular formula is C18H21F3N4O4. The largest absolute Gasteiger partial charge is 0.573 e. The number of hydrogen-bond acceptors (Lipinski definition) is 6. The zero-order valence-electron chi connectivity index (χ0n) is 15.8. The molecule has 0 saturated heterocycles. The number of alkyl halides is 3. The second-order valence-electron chi connectivity index (χ2n) is 7.26. The third-order valence-corrected chi connectivity index (χ3v) is 4.44. The maximum atomic E-state index is 12.3. The highest BCUT2D eigenvalue weighted by Crippen LogP contribution is 2.27. The first-order valence-electron chi connectivity index (χ1n) is 9.07. The number of ether oxygens (including phenoxy) is 2. The third-order valence-electron chi connectivity index (χ3n) is 4.44. The van der Waals surface area contributed by atoms with Crippen molar-refractivity contribution < 1.29 is 27.6 Å². The molecule has 2 atom stereocenters. The Balaban J connectivity index is 1.67. The van der Waals surface area contributed by atoms with Crippen LogP contribution in [0.1, 0.15) is 25.8 Å². The summed E-state index contributed by atoms with van der Waals surface area (Å²) in [5.74, 6) is -0.223. The molecule has 8 nitrogen and oxygen atoms in total. The molecule has 1 aromatic heterocycles. The molecule has 1 N–H and O–H groups in total. The number of nitro groups is 1. The average Bonchev–Trinajstić information content (AvgIpc) is 3.02. The Morgan fingerprint density at radius 3 is 2.66 bits per heavy atom. The van der Waals surface area contributed by atoms with E-state index in [1.165, 1.54) is 18.3 Å². The average molecular weight is 414 g/mol. The number of nitrogens with one attached hydrogen (secondary N) is 1. The van der Waals surface area contributed by atoms with Gasteiger partial charge in [-0.25, -0.2) is 0 Å². The summed E-state index contributed by atoms with van der Waals surface area (Å²) in [6.07, 6.45) is -2.92. The van der Waals surface area contributed by atoms with E-state index in [1.54, 1.807) is 16.7 Å². The van der Waals surface area contributed by atoms with Crippen LogP contribution >= 0.6 is 0 Å². The van der Waals surface area contributed by atoms with Gasteiger partial charge in [-0.2, -0.15) is 0 Å². The van der Waals surface area contributed by atoms with E-state index in [4.69, 9.17) is 4.74 Å². The van der Waals surface area contributed by atoms with E-state index < -0.39 is 11.3 Å². The Labute approximate surface area is 164 Å². The molecule has 0 amide bonds. The first-order valence-corrected chi connectivity index (χ1v) is 9.07. The molecule has 0 spiro atoms. The lowest BCUT2D eigenvalue weighted by molar-refractivity contribution is -0.389. The second-order valence-corrected chi connectivity index (χ2v) is 7.26. The molecule has 11 heteroatoms. The van der Waals surface area contributed by atoms with E-state index >= 15 is 0 Å². The Morgan fingerprint density at radius 2 is 2.07 bits per heavy atom. The summed E-state index contributed by atoms with van der Waals surface area (Å²) in [7, 11) is 0. The number of rotatable bonds is 7. The number of benzene rings is 1. The van der Waals surface area contributed by atoms with Crippen LogP contribution in [0.3, 0.4) is 0 Å². The second kappa shape index (κ2) is 8.27. The summed E-state index contributed by atoms with van der Waals surface area (Å²) >= 11 is 0. The fraction of sp³-hybridized carbons (Fsp3) is 0.500. The van der Waals surface area contributed by atoms with Crippen molar-refractivity contribution in [2.75, 3.05) is 0 Å². The maximum Gasteiger partial charge on any atom is 0.573 e. The van der Waals surface area contributed by atoms with Gasteiger partial charge in [0.05, 0.1) is 6.04 Å². The molecule has 29 heavy (non-hydrogen) atoms. The van der Waals surface area contributed by atoms with Crippen molar-refractivity contribution in [2.24, 2.45) is 5.92 Å². The van der Waals surface area contributed by atoms with Crippen LogP contribution in [0.2, 0.25) is 0 Å². The van der Waals surface area contributed by atoms with Gasteiger partial charge in [-0.1, -0.05) is 26.0 Å². The fourth-order valence-electron chi connectivity index (χ4n) is 3.18. The number of nitrogens with zero attached hydrogens (tertiary/aromatic N) is 3. The van der Waals surface area contributed by atoms with Crippen molar-refractivity contribution in [2.45, 2.75) is 51.9 Å². The summed E-state index contributed by atoms with van der Waals surface area (Å²) in [6.45, 7) is 4.91. The van der Waals surface area contributed by atoms with Crippen molar-refractivity contribution in [3.63, 3.8) is 0 Å². The smallest absolute Gasteiger partial charge is 0.441 e. The van der Waals surface area contributed by atoms with Crippen LogP contribution in [0.5, 0.6) is 11.8 Å². The van der Waals surface area contributed by atoms with Crippen molar-refractivity contribution in [3.8, 4) is 11.8 Å². The van der Waals surface area contributed by atoms with Crippen LogP contribution in [0.25, 0.3) is 0 Å². The number of hydrogen-bond donors (Lipinski definition) is 1. The molecule has 0 bridgehead atoms. The van der Waals surface area contributed by atoms with Gasteiger partial charge in [0.15, 0.2) is 0 Å². The minimum absolute atomic E-state index is 0.148. The molecule has 2 heterocycles. The van der Waals surface area contributed by atoms with Gasteiger partial charge in [-0.05, 0) is 35.0 Å². The van der Waals surface area contributed by atoms with Gasteiger partial charge < -0.3 is 24.9 Å². The Morgan fingerprint density at radius 1 is 1.38 bits per heavy atom. The summed E-state index contributed by atoms with van der Waals surface area (Å²) in [5.41, 5.74) is 0.769. The van der Waals surface area contributed by atoms with Crippen LogP contribution in [0.4, 0.5) is 19.0 Å². The normalized spacial score (nSPS) is 19.0. The van der Waals surface area contributed by atoms with Crippen LogP contribution in [0, 0.1) is 16.0 Å². The molecule has 0 fully saturated rings. The molecule has 0 saturated carbocycles. The predicted octanol–water partition coefficient (Wildman–Crippen LogP) is 3.66. The standard InChI is InChI=1S/C18H21F3N4O4/c1-11(2)7-15-14(9-24-10-16(25(26)27)23-17(24)28-15)22-8-12-3-5-13(6-4-12)29-18(19,20)21/h3-6,10-11,14-15,22H,7-9H2,1-2H3/t14-,15?/m0/s1. The molecule has 1 aromatic carbocycles. The molecule has 3 rings (SSSR count). The highest BCUT2D eigenvalue weighted by molar-refractivity contribution is 5.27. The van der Waals surface area contributed by atoms with Crippen molar-refractivity contribution in [1.29, 1.82) is 0 Å². The van der Waals surface area contributed by atoms with Gasteiger partial charge >= 0.3 is 18.2 Å². The molecule has 2 aromatic rings. The SMILES string of the molecule is CC(C)CC1Oc2nc([N+](=O)[O-])cn2C[C@@H]1NCc1ccc(OC(F)(F)F)cc1. The van der Waals surface area contributed by atoms with Crippen LogP contribution in [-0.2, 0) is 13.1 Å². The number of imidazole rings is 1. The Hall–Kier alpha value is -2.82. The van der Waals surface area contributed by atoms with Crippen molar-refractivity contribution >= 4 is 5.82 Å². The van der Waals surface area contributed by atoms with E-state index in [-0.39, 0.29) is 29.7 Å². The Kier molecular flexibility index (Phi) is 5.96. The maximum absolute atomic E-state index is 12.3. The zero-order valence-corrected chi connectivity index (χ0v) is 15.8. The molecule has 0 radical (unpaired) electrons. The van der Waals surface area contributed by atoms with E-state index in [1.807, 2.05) is 13.8 Å². The van der Waals surface area contributed by atoms with Crippen LogP contribution in [0.15, 0.2) is 30.5 Å². The lowest BCUT2D eigenvalue weighted by Gasteiger charge is -2.32. The monoisotopic (exact) mass is 414 g/mol. The van der Waals surface area contributed by atoms with Gasteiger partial charge in [-0.15, -0.1) is 13.2 Å². The van der Waals surface area contributed by atoms with E-state index in [0.717, 1.165) is 12.0 Å². The zero-order chi connectivity index (χ0) is 21.2. The number of fused-ring (bicyclic) bond motifs is 1. The summed E-state index contributed by atoms with van der Waals surface area (Å²) < 4.78 is 48.1. The molecule has 1 unspecified atom stereocenters. The highest BCUT2D eigenvalue weighted by Gasteiger charge is 2.35. The number of halogens is 3. The Bertz CT molecular complexity index is 852. The van der Waals surface area contributed by atoms with Gasteiger partial charge in [0, 0.05) is 18.1 Å². The molecule has 1 aliphatic heterocycles. The lowest BCUT2D eigenvalue weighted by Crippen LogP contribution is -2.49. The molecule has 0 aliphatic carbocycles. The highest BCUT2D eigenvalue weighted by atomic mass is 19.4. The van der Waals surface area contributed by atoms with Gasteiger partial charge in [0.2, 0.25) is 0 Å². The van der Waals surface area contributed by atoms with E-state index in [2.05, 4.69) is 15.0 Å². The topological polar surface area (TPSA) is 91.5 Å². The van der Waals surface area contributed by atoms with Gasteiger partial charge in [0.25, 0.3) is 0 Å². The summed E-state index contributed by atoms with van der Waals surface area (Å²) in [5, 5.41) is 14.3. The van der Waals surface area contributed by atoms with E-state index in [0.29, 0.717) is 19.0 Å². The van der Waals surface area contributed by atoms with Crippen LogP contribution < -0.4 is 14.8 Å². The fourth-order valence-corrected chi connectivity index (χ4v) is 3.18. The summed E-state index contributed by atoms with van der Waals surface area (Å²) in [4.78, 5) is 14.3. The molecular weight excluding hydrogens is 393 g/mol. The number of aromatic nitrogens is 2. The summed E-state index contributed by atoms with van der Waals surface area (Å²) in [6, 6.07) is 5.67. The third kappa shape index (κ3) is 5.59. The van der Waals surface area contributed by atoms with Crippen molar-refractivity contribution in [1.82, 2.24) is 14.9 Å². The predicted molar refractivity (Wildman–Crippen MR) is 96.5 cm³/mol. The van der Waals surface area contributed by atoms with Gasteiger partial charge in [-0.3, -0.25) is 4.57 Å². The van der Waals surface area contributed by atoms with Crippen molar-refractivity contribution in [3.05, 3.63) is 46.1 Å². The first kappa shape index (κ1) is 20.9. The first-order chi connectivity index (χ1) is 13.6. The molecule has 1 aliphatic rings. The lowest BCUT2D eigenvalue weighted by atomic mass is 9.98. The van der Waals surface area contributed by atoms with E-state index in [9.17, 15) is 23.3 Å².